The first kappa shape index (κ1) is 7.15. The van der Waals surface area contributed by atoms with Gasteiger partial charge in [-0.1, -0.05) is 0 Å². The van der Waals surface area contributed by atoms with E-state index < -0.39 is 0 Å². The molecule has 1 aliphatic heterocycles. The van der Waals surface area contributed by atoms with Gasteiger partial charge in [-0.25, -0.2) is 9.66 Å². The highest BCUT2D eigenvalue weighted by molar-refractivity contribution is 5.94. The number of hydrogen-bond donors (Lipinski definition) is 2. The zero-order valence-corrected chi connectivity index (χ0v) is 6.96. The summed E-state index contributed by atoms with van der Waals surface area (Å²) in [6.45, 7) is 3.68. The van der Waals surface area contributed by atoms with Crippen LogP contribution in [-0.4, -0.2) is 21.7 Å². The van der Waals surface area contributed by atoms with Crippen LogP contribution in [0.3, 0.4) is 0 Å². The lowest BCUT2D eigenvalue weighted by Gasteiger charge is -2.24. The van der Waals surface area contributed by atoms with Crippen LogP contribution in [0, 0.1) is 6.92 Å². The molecule has 1 aliphatic rings. The molecule has 64 valence electrons. The molecule has 1 aromatic rings. The molecule has 5 nitrogen and oxygen atoms in total. The molecule has 2 N–H and O–H groups in total. The van der Waals surface area contributed by atoms with Crippen LogP contribution in [0.5, 0.6) is 0 Å². The Hall–Kier alpha value is -1.52. The SMILES string of the molecule is Cc1ncn2c1C(=O)NC(C)N2. The third-order valence-corrected chi connectivity index (χ3v) is 1.85. The molecule has 12 heavy (non-hydrogen) atoms. The minimum absolute atomic E-state index is 0.0430. The number of nitrogens with one attached hydrogen (secondary N) is 2. The van der Waals surface area contributed by atoms with E-state index in [0.29, 0.717) is 5.69 Å². The molecule has 0 aliphatic carbocycles. The quantitative estimate of drug-likeness (QED) is 0.562. The lowest BCUT2D eigenvalue weighted by Crippen LogP contribution is -2.48. The minimum Gasteiger partial charge on any atom is -0.330 e. The molecule has 0 radical (unpaired) electrons. The van der Waals surface area contributed by atoms with Crippen LogP contribution in [0.25, 0.3) is 0 Å². The Bertz CT molecular complexity index is 330. The van der Waals surface area contributed by atoms with Crippen molar-refractivity contribution in [3.63, 3.8) is 0 Å². The number of aryl methyl sites for hydroxylation is 1. The van der Waals surface area contributed by atoms with Gasteiger partial charge in [-0.05, 0) is 13.8 Å². The fraction of sp³-hybridized carbons (Fsp3) is 0.429. The number of fused-ring (bicyclic) bond motifs is 1. The van der Waals surface area contributed by atoms with Crippen molar-refractivity contribution >= 4 is 5.91 Å². The zero-order chi connectivity index (χ0) is 8.72. The van der Waals surface area contributed by atoms with Crippen LogP contribution >= 0.6 is 0 Å². The molecule has 0 saturated heterocycles. The Morgan fingerprint density at radius 3 is 3.17 bits per heavy atom. The molecular weight excluding hydrogens is 156 g/mol. The molecule has 1 amide bonds. The van der Waals surface area contributed by atoms with Crippen molar-refractivity contribution in [2.24, 2.45) is 0 Å². The van der Waals surface area contributed by atoms with E-state index in [1.165, 1.54) is 0 Å². The van der Waals surface area contributed by atoms with Crippen LogP contribution in [0.4, 0.5) is 0 Å². The summed E-state index contributed by atoms with van der Waals surface area (Å²) in [4.78, 5) is 15.4. The fourth-order valence-corrected chi connectivity index (χ4v) is 1.32. The van der Waals surface area contributed by atoms with Crippen molar-refractivity contribution in [3.8, 4) is 0 Å². The van der Waals surface area contributed by atoms with Crippen LogP contribution in [0.15, 0.2) is 6.33 Å². The van der Waals surface area contributed by atoms with Gasteiger partial charge in [0.1, 0.15) is 18.2 Å². The van der Waals surface area contributed by atoms with Gasteiger partial charge in [0.05, 0.1) is 5.69 Å². The normalized spacial score (nSPS) is 21.2. The summed E-state index contributed by atoms with van der Waals surface area (Å²) in [5, 5.41) is 2.75. The molecule has 0 bridgehead atoms. The monoisotopic (exact) mass is 166 g/mol. The molecule has 2 rings (SSSR count). The van der Waals surface area contributed by atoms with Crippen molar-refractivity contribution in [1.29, 1.82) is 0 Å². The van der Waals surface area contributed by atoms with Gasteiger partial charge in [0.2, 0.25) is 0 Å². The number of aromatic nitrogens is 2. The second-order valence-corrected chi connectivity index (χ2v) is 2.87. The van der Waals surface area contributed by atoms with Gasteiger partial charge in [-0.3, -0.25) is 4.79 Å². The number of amides is 1. The Labute approximate surface area is 69.8 Å². The molecule has 0 spiro atoms. The van der Waals surface area contributed by atoms with Gasteiger partial charge in [0, 0.05) is 0 Å². The number of rotatable bonds is 0. The predicted molar refractivity (Wildman–Crippen MR) is 43.3 cm³/mol. The highest BCUT2D eigenvalue weighted by atomic mass is 16.2. The highest BCUT2D eigenvalue weighted by Crippen LogP contribution is 2.08. The van der Waals surface area contributed by atoms with Crippen LogP contribution in [-0.2, 0) is 0 Å². The summed E-state index contributed by atoms with van der Waals surface area (Å²) in [6.07, 6.45) is 1.57. The van der Waals surface area contributed by atoms with Crippen molar-refractivity contribution in [3.05, 3.63) is 17.7 Å². The molecule has 0 fully saturated rings. The highest BCUT2D eigenvalue weighted by Gasteiger charge is 2.22. The fourth-order valence-electron chi connectivity index (χ4n) is 1.32. The maximum atomic E-state index is 11.4. The number of nitrogens with zero attached hydrogens (tertiary/aromatic N) is 2. The van der Waals surface area contributed by atoms with E-state index in [-0.39, 0.29) is 12.1 Å². The van der Waals surface area contributed by atoms with Gasteiger partial charge >= 0.3 is 0 Å². The second-order valence-electron chi connectivity index (χ2n) is 2.87. The van der Waals surface area contributed by atoms with Gasteiger partial charge in [0.25, 0.3) is 5.91 Å². The van der Waals surface area contributed by atoms with Gasteiger partial charge < -0.3 is 10.7 Å². The van der Waals surface area contributed by atoms with E-state index in [1.807, 2.05) is 13.8 Å². The topological polar surface area (TPSA) is 59.0 Å². The van der Waals surface area contributed by atoms with Crippen LogP contribution in [0.2, 0.25) is 0 Å². The van der Waals surface area contributed by atoms with Crippen LogP contribution < -0.4 is 10.7 Å². The van der Waals surface area contributed by atoms with E-state index in [0.717, 1.165) is 5.69 Å². The van der Waals surface area contributed by atoms with E-state index in [2.05, 4.69) is 15.7 Å². The lowest BCUT2D eigenvalue weighted by atomic mass is 10.3. The van der Waals surface area contributed by atoms with Crippen molar-refractivity contribution in [2.45, 2.75) is 20.0 Å². The Morgan fingerprint density at radius 2 is 2.42 bits per heavy atom. The molecule has 1 atom stereocenters. The summed E-state index contributed by atoms with van der Waals surface area (Å²) in [7, 11) is 0. The largest absolute Gasteiger partial charge is 0.330 e. The minimum atomic E-state index is -0.0729. The maximum Gasteiger partial charge on any atom is 0.273 e. The van der Waals surface area contributed by atoms with Gasteiger partial charge in [0.15, 0.2) is 0 Å². The third kappa shape index (κ3) is 0.861. The standard InChI is InChI=1S/C7H10N4O/c1-4-6-7(12)9-5(2)10-11(6)3-8-4/h3,5,10H,1-2H3,(H,9,12). The number of carbonyl (C=O) groups excluding carboxylic acids is 1. The van der Waals surface area contributed by atoms with E-state index in [1.54, 1.807) is 11.0 Å². The van der Waals surface area contributed by atoms with Gasteiger partial charge in [-0.2, -0.15) is 0 Å². The maximum absolute atomic E-state index is 11.4. The molecule has 1 unspecified atom stereocenters. The predicted octanol–water partition coefficient (Wildman–Crippen LogP) is -0.176. The average Bonchev–Trinajstić information content (AvgIpc) is 2.31. The molecule has 0 aromatic carbocycles. The zero-order valence-electron chi connectivity index (χ0n) is 6.96. The summed E-state index contributed by atoms with van der Waals surface area (Å²) in [6, 6.07) is 0. The smallest absolute Gasteiger partial charge is 0.273 e. The van der Waals surface area contributed by atoms with E-state index >= 15 is 0 Å². The number of carbonyl (C=O) groups is 1. The summed E-state index contributed by atoms with van der Waals surface area (Å²) >= 11 is 0. The molecule has 1 aromatic heterocycles. The number of hydrogen-bond acceptors (Lipinski definition) is 3. The summed E-state index contributed by atoms with van der Waals surface area (Å²) in [5.74, 6) is -0.0729. The average molecular weight is 166 g/mol. The lowest BCUT2D eigenvalue weighted by molar-refractivity contribution is 0.0918. The first-order valence-corrected chi connectivity index (χ1v) is 3.80. The van der Waals surface area contributed by atoms with E-state index in [4.69, 9.17) is 0 Å². The molecule has 0 saturated carbocycles. The van der Waals surface area contributed by atoms with Gasteiger partial charge in [-0.15, -0.1) is 0 Å². The van der Waals surface area contributed by atoms with Crippen molar-refractivity contribution in [1.82, 2.24) is 15.0 Å². The first-order chi connectivity index (χ1) is 5.68. The van der Waals surface area contributed by atoms with Crippen molar-refractivity contribution < 1.29 is 4.79 Å². The Balaban J connectivity index is 2.50. The van der Waals surface area contributed by atoms with Crippen LogP contribution in [0.1, 0.15) is 23.1 Å². The Morgan fingerprint density at radius 1 is 1.67 bits per heavy atom. The third-order valence-electron chi connectivity index (χ3n) is 1.85. The second kappa shape index (κ2) is 2.23. The molecule has 5 heteroatoms. The van der Waals surface area contributed by atoms with E-state index in [9.17, 15) is 4.79 Å². The summed E-state index contributed by atoms with van der Waals surface area (Å²) < 4.78 is 1.65. The number of imidazole rings is 1. The summed E-state index contributed by atoms with van der Waals surface area (Å²) in [5.41, 5.74) is 4.37. The van der Waals surface area contributed by atoms with Crippen molar-refractivity contribution in [2.75, 3.05) is 5.43 Å². The molecular formula is C7H10N4O. The molecule has 2 heterocycles. The Kier molecular flexibility index (Phi) is 1.33. The first-order valence-electron chi connectivity index (χ1n) is 3.80.